The monoisotopic (exact) mass is 385 g/mol. The fraction of sp³-hybridized carbons (Fsp3) is 0.133. The van der Waals surface area contributed by atoms with Crippen LogP contribution < -0.4 is 0 Å². The van der Waals surface area contributed by atoms with Gasteiger partial charge in [0, 0.05) is 0 Å². The van der Waals surface area contributed by atoms with Crippen LogP contribution in [0.15, 0.2) is 46.9 Å². The number of carboxylic acids is 1. The largest absolute Gasteiger partial charge is 0.481 e. The second kappa shape index (κ2) is 6.89. The van der Waals surface area contributed by atoms with Crippen LogP contribution in [0.5, 0.6) is 0 Å². The van der Waals surface area contributed by atoms with Crippen LogP contribution >= 0.6 is 23.1 Å². The van der Waals surface area contributed by atoms with Crippen LogP contribution in [0.3, 0.4) is 0 Å². The molecule has 0 saturated heterocycles. The van der Waals surface area contributed by atoms with Crippen molar-refractivity contribution in [1.82, 2.24) is 14.8 Å². The Labute approximate surface area is 148 Å². The Bertz CT molecular complexity index is 892. The van der Waals surface area contributed by atoms with Crippen LogP contribution in [0, 0.1) is 0 Å². The molecule has 1 aromatic carbocycles. The highest BCUT2D eigenvalue weighted by Gasteiger charge is 2.31. The molecule has 0 spiro atoms. The molecule has 0 aliphatic rings. The lowest BCUT2D eigenvalue weighted by Gasteiger charge is -2.12. The fourth-order valence-corrected chi connectivity index (χ4v) is 3.48. The number of nitrogens with zero attached hydrogens (tertiary/aromatic N) is 3. The molecular weight excluding hydrogens is 375 g/mol. The molecule has 0 radical (unpaired) electrons. The molecule has 0 unspecified atom stereocenters. The molecule has 3 rings (SSSR count). The van der Waals surface area contributed by atoms with Crippen molar-refractivity contribution >= 4 is 29.1 Å². The molecule has 0 amide bonds. The van der Waals surface area contributed by atoms with Gasteiger partial charge in [0.15, 0.2) is 11.0 Å². The third-order valence-corrected chi connectivity index (χ3v) is 4.91. The van der Waals surface area contributed by atoms with Gasteiger partial charge in [0.05, 0.1) is 21.9 Å². The highest BCUT2D eigenvalue weighted by molar-refractivity contribution is 7.99. The third kappa shape index (κ3) is 3.85. The molecule has 3 aromatic rings. The van der Waals surface area contributed by atoms with E-state index in [0.29, 0.717) is 10.7 Å². The standard InChI is InChI=1S/C15H10F3N3O2S2/c16-15(17,18)9-3-1-4-10(7-9)21-13(11-5-2-6-24-11)19-20-14(21)25-8-12(22)23/h1-7H,8H2,(H,22,23). The van der Waals surface area contributed by atoms with Crippen LogP contribution in [0.2, 0.25) is 0 Å². The van der Waals surface area contributed by atoms with Crippen molar-refractivity contribution in [2.24, 2.45) is 0 Å². The van der Waals surface area contributed by atoms with Gasteiger partial charge in [-0.15, -0.1) is 21.5 Å². The number of thiophene rings is 1. The lowest BCUT2D eigenvalue weighted by molar-refractivity contribution is -0.137. The van der Waals surface area contributed by atoms with Gasteiger partial charge < -0.3 is 5.11 Å². The Balaban J connectivity index is 2.12. The van der Waals surface area contributed by atoms with Crippen LogP contribution in [-0.4, -0.2) is 31.6 Å². The Kier molecular flexibility index (Phi) is 4.82. The first kappa shape index (κ1) is 17.5. The Morgan fingerprint density at radius 3 is 2.68 bits per heavy atom. The molecular formula is C15H10F3N3O2S2. The van der Waals surface area contributed by atoms with Crippen LogP contribution in [-0.2, 0) is 11.0 Å². The van der Waals surface area contributed by atoms with Gasteiger partial charge in [-0.05, 0) is 29.6 Å². The number of benzene rings is 1. The van der Waals surface area contributed by atoms with Gasteiger partial charge in [-0.1, -0.05) is 23.9 Å². The quantitative estimate of drug-likeness (QED) is 0.667. The van der Waals surface area contributed by atoms with Crippen molar-refractivity contribution < 1.29 is 23.1 Å². The SMILES string of the molecule is O=C(O)CSc1nnc(-c2cccs2)n1-c1cccc(C(F)(F)F)c1. The fourth-order valence-electron chi connectivity index (χ4n) is 2.11. The highest BCUT2D eigenvalue weighted by Crippen LogP contribution is 2.34. The predicted octanol–water partition coefficient (Wildman–Crippen LogP) is 4.19. The summed E-state index contributed by atoms with van der Waals surface area (Å²) >= 11 is 2.26. The number of carbonyl (C=O) groups is 1. The third-order valence-electron chi connectivity index (χ3n) is 3.13. The molecule has 0 bridgehead atoms. The molecule has 0 saturated carbocycles. The topological polar surface area (TPSA) is 68.0 Å². The Hall–Kier alpha value is -2.33. The van der Waals surface area contributed by atoms with E-state index >= 15 is 0 Å². The summed E-state index contributed by atoms with van der Waals surface area (Å²) in [5, 5.41) is 18.9. The lowest BCUT2D eigenvalue weighted by atomic mass is 10.2. The summed E-state index contributed by atoms with van der Waals surface area (Å²) in [7, 11) is 0. The summed E-state index contributed by atoms with van der Waals surface area (Å²) in [5.41, 5.74) is -0.582. The molecule has 5 nitrogen and oxygen atoms in total. The van der Waals surface area contributed by atoms with E-state index in [1.54, 1.807) is 12.1 Å². The average Bonchev–Trinajstić information content (AvgIpc) is 3.21. The maximum atomic E-state index is 13.0. The van der Waals surface area contributed by atoms with E-state index in [1.165, 1.54) is 28.0 Å². The van der Waals surface area contributed by atoms with E-state index in [2.05, 4.69) is 10.2 Å². The van der Waals surface area contributed by atoms with E-state index in [9.17, 15) is 18.0 Å². The minimum Gasteiger partial charge on any atom is -0.481 e. The molecule has 2 heterocycles. The molecule has 0 atom stereocenters. The number of hydrogen-bond donors (Lipinski definition) is 1. The van der Waals surface area contributed by atoms with Crippen molar-refractivity contribution in [2.75, 3.05) is 5.75 Å². The van der Waals surface area contributed by atoms with E-state index in [0.717, 1.165) is 23.9 Å². The van der Waals surface area contributed by atoms with Gasteiger partial charge in [0.25, 0.3) is 0 Å². The lowest BCUT2D eigenvalue weighted by Crippen LogP contribution is -2.07. The smallest absolute Gasteiger partial charge is 0.416 e. The number of aromatic nitrogens is 3. The number of hydrogen-bond acceptors (Lipinski definition) is 5. The zero-order chi connectivity index (χ0) is 18.0. The number of thioether (sulfide) groups is 1. The zero-order valence-electron chi connectivity index (χ0n) is 12.4. The summed E-state index contributed by atoms with van der Waals surface area (Å²) in [6.07, 6.45) is -4.48. The van der Waals surface area contributed by atoms with Gasteiger partial charge in [0.1, 0.15) is 0 Å². The first-order chi connectivity index (χ1) is 11.9. The van der Waals surface area contributed by atoms with Crippen LogP contribution in [0.4, 0.5) is 13.2 Å². The average molecular weight is 385 g/mol. The van der Waals surface area contributed by atoms with Crippen molar-refractivity contribution in [3.05, 3.63) is 47.3 Å². The van der Waals surface area contributed by atoms with Gasteiger partial charge in [0.2, 0.25) is 0 Å². The molecule has 0 aliphatic carbocycles. The van der Waals surface area contributed by atoms with E-state index in [1.807, 2.05) is 5.38 Å². The summed E-state index contributed by atoms with van der Waals surface area (Å²) in [5.74, 6) is -0.967. The van der Waals surface area contributed by atoms with E-state index in [-0.39, 0.29) is 16.6 Å². The van der Waals surface area contributed by atoms with Crippen molar-refractivity contribution in [3.8, 4) is 16.4 Å². The Morgan fingerprint density at radius 1 is 1.24 bits per heavy atom. The summed E-state index contributed by atoms with van der Waals surface area (Å²) < 4.78 is 40.5. The van der Waals surface area contributed by atoms with E-state index in [4.69, 9.17) is 5.11 Å². The molecule has 130 valence electrons. The first-order valence-corrected chi connectivity index (χ1v) is 8.74. The second-order valence-electron chi connectivity index (χ2n) is 4.85. The molecule has 2 aromatic heterocycles. The summed E-state index contributed by atoms with van der Waals surface area (Å²) in [6.45, 7) is 0. The summed E-state index contributed by atoms with van der Waals surface area (Å²) in [4.78, 5) is 11.5. The number of carboxylic acid groups (broad SMARTS) is 1. The number of alkyl halides is 3. The maximum absolute atomic E-state index is 13.0. The predicted molar refractivity (Wildman–Crippen MR) is 88.0 cm³/mol. The van der Waals surface area contributed by atoms with Crippen LogP contribution in [0.25, 0.3) is 16.4 Å². The van der Waals surface area contributed by atoms with E-state index < -0.39 is 17.7 Å². The Morgan fingerprint density at radius 2 is 2.04 bits per heavy atom. The normalized spacial score (nSPS) is 11.6. The minimum atomic E-state index is -4.48. The molecule has 0 fully saturated rings. The van der Waals surface area contributed by atoms with Gasteiger partial charge in [-0.3, -0.25) is 9.36 Å². The minimum absolute atomic E-state index is 0.213. The number of aliphatic carboxylic acids is 1. The maximum Gasteiger partial charge on any atom is 0.416 e. The van der Waals surface area contributed by atoms with Gasteiger partial charge >= 0.3 is 12.1 Å². The molecule has 10 heteroatoms. The van der Waals surface area contributed by atoms with Crippen LogP contribution in [0.1, 0.15) is 5.56 Å². The van der Waals surface area contributed by atoms with Gasteiger partial charge in [-0.2, -0.15) is 13.2 Å². The van der Waals surface area contributed by atoms with Crippen molar-refractivity contribution in [1.29, 1.82) is 0 Å². The van der Waals surface area contributed by atoms with Crippen molar-refractivity contribution in [2.45, 2.75) is 11.3 Å². The number of halogens is 3. The van der Waals surface area contributed by atoms with Gasteiger partial charge in [-0.25, -0.2) is 0 Å². The molecule has 1 N–H and O–H groups in total. The number of rotatable bonds is 5. The van der Waals surface area contributed by atoms with Crippen molar-refractivity contribution in [3.63, 3.8) is 0 Å². The molecule has 0 aliphatic heterocycles. The summed E-state index contributed by atoms with van der Waals surface area (Å²) in [6, 6.07) is 8.32. The zero-order valence-corrected chi connectivity index (χ0v) is 14.0. The molecule has 25 heavy (non-hydrogen) atoms. The second-order valence-corrected chi connectivity index (χ2v) is 6.74. The highest BCUT2D eigenvalue weighted by atomic mass is 32.2. The first-order valence-electron chi connectivity index (χ1n) is 6.88.